The lowest BCUT2D eigenvalue weighted by molar-refractivity contribution is -0.152. The molecule has 1 rings (SSSR count). The summed E-state index contributed by atoms with van der Waals surface area (Å²) in [5.74, 6) is -1.74. The van der Waals surface area contributed by atoms with Crippen LogP contribution in [0, 0.1) is 0 Å². The van der Waals surface area contributed by atoms with Crippen molar-refractivity contribution in [2.24, 2.45) is 0 Å². The van der Waals surface area contributed by atoms with Crippen LogP contribution in [-0.2, 0) is 23.5 Å². The van der Waals surface area contributed by atoms with E-state index in [1.807, 2.05) is 13.1 Å². The summed E-state index contributed by atoms with van der Waals surface area (Å²) in [4.78, 5) is 36.0. The van der Waals surface area contributed by atoms with E-state index in [1.54, 1.807) is 30.3 Å². The smallest absolute Gasteiger partial charge is 0.338 e. The van der Waals surface area contributed by atoms with Gasteiger partial charge in [-0.15, -0.1) is 0 Å². The number of methoxy groups -OCH3 is 1. The Balaban J connectivity index is 2.84. The summed E-state index contributed by atoms with van der Waals surface area (Å²) in [5.41, 5.74) is 0.408. The number of hydrogen-bond acceptors (Lipinski definition) is 7. The highest BCUT2D eigenvalue weighted by molar-refractivity contribution is 6.74. The lowest BCUT2D eigenvalue weighted by atomic mass is 10.1. The number of carbonyl (C=O) groups is 3. The minimum atomic E-state index is -2.25. The van der Waals surface area contributed by atoms with Crippen molar-refractivity contribution in [2.45, 2.75) is 64.0 Å². The Morgan fingerprint density at radius 3 is 2.17 bits per heavy atom. The first kappa shape index (κ1) is 25.0. The molecule has 1 aromatic carbocycles. The van der Waals surface area contributed by atoms with Crippen LogP contribution in [0.2, 0.25) is 18.1 Å². The monoisotopic (exact) mass is 424 g/mol. The molecule has 1 aromatic rings. The minimum Gasteiger partial charge on any atom is -0.467 e. The van der Waals surface area contributed by atoms with Crippen LogP contribution in [0.15, 0.2) is 30.3 Å². The third kappa shape index (κ3) is 8.08. The maximum Gasteiger partial charge on any atom is 0.338 e. The van der Waals surface area contributed by atoms with Gasteiger partial charge in [0.2, 0.25) is 0 Å². The summed E-state index contributed by atoms with van der Waals surface area (Å²) in [6, 6.07) is 8.55. The molecule has 8 heteroatoms. The van der Waals surface area contributed by atoms with Gasteiger partial charge in [0.1, 0.15) is 12.4 Å². The van der Waals surface area contributed by atoms with E-state index in [9.17, 15) is 19.5 Å². The topological polar surface area (TPSA) is 99.1 Å². The standard InChI is InChI=1S/C21H32O7Si/c1-21(2,3)29(5,6)28-17(12-16(22)13-18(23)20(25)26-4)14-27-19(24)15-10-8-7-9-11-15/h7-11,17-18,23H,12-14H2,1-6H3. The molecule has 0 saturated heterocycles. The fourth-order valence-electron chi connectivity index (χ4n) is 2.33. The SMILES string of the molecule is COC(=O)C(O)CC(=O)CC(COC(=O)c1ccccc1)O[Si](C)(C)C(C)(C)C. The molecule has 0 saturated carbocycles. The lowest BCUT2D eigenvalue weighted by Gasteiger charge is -2.39. The molecule has 7 nitrogen and oxygen atoms in total. The first-order chi connectivity index (χ1) is 13.4. The number of benzene rings is 1. The molecule has 0 aliphatic rings. The molecule has 0 fully saturated rings. The van der Waals surface area contributed by atoms with E-state index in [-0.39, 0.29) is 30.3 Å². The molecular weight excluding hydrogens is 392 g/mol. The molecule has 29 heavy (non-hydrogen) atoms. The number of carbonyl (C=O) groups excluding carboxylic acids is 3. The zero-order chi connectivity index (χ0) is 22.2. The molecule has 0 amide bonds. The molecule has 0 bridgehead atoms. The number of ether oxygens (including phenoxy) is 2. The fourth-order valence-corrected chi connectivity index (χ4v) is 3.66. The predicted octanol–water partition coefficient (Wildman–Crippen LogP) is 3.12. The summed E-state index contributed by atoms with van der Waals surface area (Å²) in [7, 11) is -1.11. The Labute approximate surface area is 173 Å². The van der Waals surface area contributed by atoms with Crippen LogP contribution < -0.4 is 0 Å². The highest BCUT2D eigenvalue weighted by atomic mass is 28.4. The van der Waals surface area contributed by atoms with Crippen LogP contribution in [-0.4, -0.2) is 57.1 Å². The number of Topliss-reactive ketones (excluding diaryl/α,β-unsaturated/α-hetero) is 1. The molecule has 1 N–H and O–H groups in total. The van der Waals surface area contributed by atoms with Gasteiger partial charge < -0.3 is 19.0 Å². The second kappa shape index (κ2) is 10.7. The van der Waals surface area contributed by atoms with Gasteiger partial charge in [0.25, 0.3) is 0 Å². The first-order valence-corrected chi connectivity index (χ1v) is 12.5. The molecule has 0 spiro atoms. The van der Waals surface area contributed by atoms with Crippen LogP contribution >= 0.6 is 0 Å². The van der Waals surface area contributed by atoms with Crippen LogP contribution in [0.3, 0.4) is 0 Å². The lowest BCUT2D eigenvalue weighted by Crippen LogP contribution is -2.46. The third-order valence-electron chi connectivity index (χ3n) is 5.03. The summed E-state index contributed by atoms with van der Waals surface area (Å²) < 4.78 is 16.1. The van der Waals surface area contributed by atoms with Gasteiger partial charge in [0.05, 0.1) is 18.8 Å². The van der Waals surface area contributed by atoms with Crippen molar-refractivity contribution in [3.63, 3.8) is 0 Å². The molecule has 0 aliphatic carbocycles. The second-order valence-electron chi connectivity index (χ2n) is 8.45. The van der Waals surface area contributed by atoms with E-state index in [2.05, 4.69) is 25.5 Å². The Morgan fingerprint density at radius 1 is 1.07 bits per heavy atom. The molecule has 162 valence electrons. The molecule has 0 radical (unpaired) electrons. The Morgan fingerprint density at radius 2 is 1.66 bits per heavy atom. The average Bonchev–Trinajstić information content (AvgIpc) is 2.64. The third-order valence-corrected chi connectivity index (χ3v) is 9.56. The van der Waals surface area contributed by atoms with Crippen molar-refractivity contribution in [1.82, 2.24) is 0 Å². The van der Waals surface area contributed by atoms with Gasteiger partial charge in [-0.2, -0.15) is 0 Å². The normalized spacial score (nSPS) is 14.0. The second-order valence-corrected chi connectivity index (χ2v) is 13.2. The van der Waals surface area contributed by atoms with Crippen molar-refractivity contribution >= 4 is 26.0 Å². The largest absolute Gasteiger partial charge is 0.467 e. The van der Waals surface area contributed by atoms with Crippen molar-refractivity contribution < 1.29 is 33.4 Å². The summed E-state index contributed by atoms with van der Waals surface area (Å²) >= 11 is 0. The van der Waals surface area contributed by atoms with E-state index >= 15 is 0 Å². The summed E-state index contributed by atoms with van der Waals surface area (Å²) in [6.45, 7) is 10.2. The van der Waals surface area contributed by atoms with Crippen molar-refractivity contribution in [3.8, 4) is 0 Å². The van der Waals surface area contributed by atoms with E-state index in [0.29, 0.717) is 5.56 Å². The zero-order valence-electron chi connectivity index (χ0n) is 18.1. The summed E-state index contributed by atoms with van der Waals surface area (Å²) in [6.07, 6.45) is -2.65. The number of aliphatic hydroxyl groups is 1. The van der Waals surface area contributed by atoms with Crippen LogP contribution in [0.5, 0.6) is 0 Å². The number of aliphatic hydroxyl groups excluding tert-OH is 1. The number of ketones is 1. The van der Waals surface area contributed by atoms with Gasteiger partial charge in [-0.05, 0) is 30.3 Å². The number of esters is 2. The zero-order valence-corrected chi connectivity index (χ0v) is 19.1. The molecular formula is C21H32O7Si. The predicted molar refractivity (Wildman–Crippen MR) is 111 cm³/mol. The van der Waals surface area contributed by atoms with Gasteiger partial charge in [-0.25, -0.2) is 9.59 Å². The van der Waals surface area contributed by atoms with Crippen LogP contribution in [0.4, 0.5) is 0 Å². The van der Waals surface area contributed by atoms with Crippen molar-refractivity contribution in [1.29, 1.82) is 0 Å². The maximum atomic E-state index is 12.4. The Kier molecular flexibility index (Phi) is 9.19. The van der Waals surface area contributed by atoms with E-state index in [0.717, 1.165) is 7.11 Å². The molecule has 0 aliphatic heterocycles. The van der Waals surface area contributed by atoms with Gasteiger partial charge in [0.15, 0.2) is 14.4 Å². The minimum absolute atomic E-state index is 0.0807. The average molecular weight is 425 g/mol. The van der Waals surface area contributed by atoms with E-state index in [1.165, 1.54) is 0 Å². The maximum absolute atomic E-state index is 12.4. The number of hydrogen-bond donors (Lipinski definition) is 1. The van der Waals surface area contributed by atoms with Crippen molar-refractivity contribution in [3.05, 3.63) is 35.9 Å². The van der Waals surface area contributed by atoms with Crippen molar-refractivity contribution in [2.75, 3.05) is 13.7 Å². The molecule has 2 atom stereocenters. The van der Waals surface area contributed by atoms with Crippen LogP contribution in [0.1, 0.15) is 44.0 Å². The highest BCUT2D eigenvalue weighted by Gasteiger charge is 2.40. The van der Waals surface area contributed by atoms with E-state index < -0.39 is 32.5 Å². The molecule has 0 heterocycles. The van der Waals surface area contributed by atoms with Gasteiger partial charge in [-0.1, -0.05) is 39.0 Å². The molecule has 2 unspecified atom stereocenters. The quantitative estimate of drug-likeness (QED) is 0.455. The first-order valence-electron chi connectivity index (χ1n) is 9.55. The summed E-state index contributed by atoms with van der Waals surface area (Å²) in [5, 5.41) is 9.61. The highest BCUT2D eigenvalue weighted by Crippen LogP contribution is 2.37. The fraction of sp³-hybridized carbons (Fsp3) is 0.571. The Bertz CT molecular complexity index is 695. The van der Waals surface area contributed by atoms with E-state index in [4.69, 9.17) is 9.16 Å². The van der Waals surface area contributed by atoms with Gasteiger partial charge in [0, 0.05) is 12.8 Å². The van der Waals surface area contributed by atoms with Gasteiger partial charge >= 0.3 is 11.9 Å². The number of rotatable bonds is 10. The van der Waals surface area contributed by atoms with Gasteiger partial charge in [-0.3, -0.25) is 4.79 Å². The molecule has 0 aromatic heterocycles. The van der Waals surface area contributed by atoms with Crippen LogP contribution in [0.25, 0.3) is 0 Å². The Hall–Kier alpha value is -2.03.